The fourth-order valence-corrected chi connectivity index (χ4v) is 1.32. The van der Waals surface area contributed by atoms with Gasteiger partial charge in [-0.2, -0.15) is 13.2 Å². The summed E-state index contributed by atoms with van der Waals surface area (Å²) in [5.74, 6) is -0.975. The maximum Gasteiger partial charge on any atom is 0.407 e. The van der Waals surface area contributed by atoms with Crippen molar-refractivity contribution in [1.82, 2.24) is 0 Å². The predicted octanol–water partition coefficient (Wildman–Crippen LogP) is 3.15. The van der Waals surface area contributed by atoms with E-state index in [1.165, 1.54) is 12.1 Å². The third-order valence-electron chi connectivity index (χ3n) is 1.67. The zero-order valence-corrected chi connectivity index (χ0v) is 8.36. The molecule has 1 rings (SSSR count). The van der Waals surface area contributed by atoms with Gasteiger partial charge < -0.3 is 5.73 Å². The highest BCUT2D eigenvalue weighted by Crippen LogP contribution is 2.33. The molecule has 0 spiro atoms. The van der Waals surface area contributed by atoms with Crippen LogP contribution in [0.1, 0.15) is 11.6 Å². The molecule has 0 aliphatic carbocycles. The van der Waals surface area contributed by atoms with Crippen LogP contribution in [0.5, 0.6) is 0 Å². The summed E-state index contributed by atoms with van der Waals surface area (Å²) in [7, 11) is 0. The number of benzene rings is 1. The van der Waals surface area contributed by atoms with E-state index in [2.05, 4.69) is 15.9 Å². The van der Waals surface area contributed by atoms with Gasteiger partial charge in [-0.15, -0.1) is 0 Å². The van der Waals surface area contributed by atoms with Crippen LogP contribution in [0.2, 0.25) is 0 Å². The van der Waals surface area contributed by atoms with Gasteiger partial charge in [-0.25, -0.2) is 4.39 Å². The molecule has 1 nitrogen and oxygen atoms in total. The molecule has 1 aromatic carbocycles. The molecular formula is C8H6BrF4N. The van der Waals surface area contributed by atoms with Crippen molar-refractivity contribution in [3.05, 3.63) is 34.1 Å². The van der Waals surface area contributed by atoms with Crippen molar-refractivity contribution in [2.45, 2.75) is 12.2 Å². The highest BCUT2D eigenvalue weighted by atomic mass is 79.9. The van der Waals surface area contributed by atoms with Gasteiger partial charge in [0, 0.05) is 5.56 Å². The molecule has 0 unspecified atom stereocenters. The number of hydrogen-bond acceptors (Lipinski definition) is 1. The fraction of sp³-hybridized carbons (Fsp3) is 0.250. The van der Waals surface area contributed by atoms with Crippen molar-refractivity contribution in [2.24, 2.45) is 5.73 Å². The van der Waals surface area contributed by atoms with E-state index >= 15 is 0 Å². The molecule has 0 aliphatic heterocycles. The first-order valence-corrected chi connectivity index (χ1v) is 4.39. The minimum absolute atomic E-state index is 0.0327. The van der Waals surface area contributed by atoms with Crippen LogP contribution in [0, 0.1) is 5.82 Å². The summed E-state index contributed by atoms with van der Waals surface area (Å²) in [6.45, 7) is 0. The maximum absolute atomic E-state index is 13.2. The Morgan fingerprint density at radius 2 is 1.86 bits per heavy atom. The smallest absolute Gasteiger partial charge is 0.316 e. The van der Waals surface area contributed by atoms with Gasteiger partial charge in [-0.3, -0.25) is 0 Å². The van der Waals surface area contributed by atoms with E-state index in [-0.39, 0.29) is 4.47 Å². The van der Waals surface area contributed by atoms with Crippen LogP contribution in [0.3, 0.4) is 0 Å². The molecule has 0 aliphatic rings. The number of nitrogens with two attached hydrogens (primary N) is 1. The van der Waals surface area contributed by atoms with Gasteiger partial charge in [-0.05, 0) is 22.0 Å². The Balaban J connectivity index is 3.14. The summed E-state index contributed by atoms with van der Waals surface area (Å²) in [6.07, 6.45) is -4.64. The lowest BCUT2D eigenvalue weighted by Gasteiger charge is -2.16. The van der Waals surface area contributed by atoms with Crippen LogP contribution in [0.15, 0.2) is 22.7 Å². The summed E-state index contributed by atoms with van der Waals surface area (Å²) in [4.78, 5) is 0. The van der Waals surface area contributed by atoms with Crippen molar-refractivity contribution >= 4 is 15.9 Å². The fourth-order valence-electron chi connectivity index (χ4n) is 0.937. The second-order valence-corrected chi connectivity index (χ2v) is 3.52. The largest absolute Gasteiger partial charge is 0.407 e. The van der Waals surface area contributed by atoms with Gasteiger partial charge in [0.15, 0.2) is 0 Å². The normalized spacial score (nSPS) is 14.1. The quantitative estimate of drug-likeness (QED) is 0.781. The molecule has 1 aromatic rings. The first kappa shape index (κ1) is 11.5. The molecule has 1 atom stereocenters. The Kier molecular flexibility index (Phi) is 3.16. The van der Waals surface area contributed by atoms with E-state index in [4.69, 9.17) is 5.73 Å². The molecule has 0 fully saturated rings. The molecule has 0 amide bonds. The van der Waals surface area contributed by atoms with Crippen LogP contribution in [0.4, 0.5) is 17.6 Å². The van der Waals surface area contributed by atoms with Gasteiger partial charge >= 0.3 is 6.18 Å². The van der Waals surface area contributed by atoms with E-state index in [0.717, 1.165) is 6.07 Å². The first-order chi connectivity index (χ1) is 6.34. The van der Waals surface area contributed by atoms with Crippen molar-refractivity contribution in [3.63, 3.8) is 0 Å². The SMILES string of the molecule is N[C@@H](c1cccc(Br)c1F)C(F)(F)F. The lowest BCUT2D eigenvalue weighted by atomic mass is 10.1. The average molecular weight is 272 g/mol. The summed E-state index contributed by atoms with van der Waals surface area (Å²) >= 11 is 2.78. The Labute approximate surface area is 86.0 Å². The van der Waals surface area contributed by atoms with Gasteiger partial charge in [0.1, 0.15) is 11.9 Å². The third-order valence-corrected chi connectivity index (χ3v) is 2.28. The zero-order valence-electron chi connectivity index (χ0n) is 6.78. The molecular weight excluding hydrogens is 266 g/mol. The third kappa shape index (κ3) is 2.24. The van der Waals surface area contributed by atoms with Crippen LogP contribution >= 0.6 is 15.9 Å². The number of halogens is 5. The molecule has 0 radical (unpaired) electrons. The van der Waals surface area contributed by atoms with Gasteiger partial charge in [-0.1, -0.05) is 12.1 Å². The molecule has 0 bridgehead atoms. The topological polar surface area (TPSA) is 26.0 Å². The Morgan fingerprint density at radius 1 is 1.29 bits per heavy atom. The summed E-state index contributed by atoms with van der Waals surface area (Å²) in [6, 6.07) is 1.33. The number of alkyl halides is 3. The van der Waals surface area contributed by atoms with Crippen molar-refractivity contribution in [1.29, 1.82) is 0 Å². The van der Waals surface area contributed by atoms with Crippen LogP contribution in [-0.4, -0.2) is 6.18 Å². The molecule has 2 N–H and O–H groups in total. The van der Waals surface area contributed by atoms with E-state index in [9.17, 15) is 17.6 Å². The first-order valence-electron chi connectivity index (χ1n) is 3.60. The van der Waals surface area contributed by atoms with Gasteiger partial charge in [0.05, 0.1) is 4.47 Å². The minimum Gasteiger partial charge on any atom is -0.316 e. The molecule has 0 heterocycles. The van der Waals surface area contributed by atoms with E-state index < -0.39 is 23.6 Å². The zero-order chi connectivity index (χ0) is 10.9. The predicted molar refractivity (Wildman–Crippen MR) is 47.1 cm³/mol. The molecule has 0 aromatic heterocycles. The molecule has 6 heteroatoms. The lowest BCUT2D eigenvalue weighted by Crippen LogP contribution is -2.29. The van der Waals surface area contributed by atoms with Crippen LogP contribution < -0.4 is 5.73 Å². The standard InChI is InChI=1S/C8H6BrF4N/c9-5-3-1-2-4(6(5)10)7(14)8(11,12)13/h1-3,7H,14H2/t7-/m0/s1. The Morgan fingerprint density at radius 3 is 2.36 bits per heavy atom. The van der Waals surface area contributed by atoms with Gasteiger partial charge in [0.2, 0.25) is 0 Å². The lowest BCUT2D eigenvalue weighted by molar-refractivity contribution is -0.149. The van der Waals surface area contributed by atoms with Crippen molar-refractivity contribution in [2.75, 3.05) is 0 Å². The molecule has 0 saturated carbocycles. The molecule has 0 saturated heterocycles. The molecule has 78 valence electrons. The second-order valence-electron chi connectivity index (χ2n) is 2.66. The van der Waals surface area contributed by atoms with Crippen molar-refractivity contribution < 1.29 is 17.6 Å². The monoisotopic (exact) mass is 271 g/mol. The summed E-state index contributed by atoms with van der Waals surface area (Å²) in [5, 5.41) is 0. The summed E-state index contributed by atoms with van der Waals surface area (Å²) < 4.78 is 49.5. The van der Waals surface area contributed by atoms with Crippen molar-refractivity contribution in [3.8, 4) is 0 Å². The Hall–Kier alpha value is -0.620. The highest BCUT2D eigenvalue weighted by Gasteiger charge is 2.39. The maximum atomic E-state index is 13.2. The van der Waals surface area contributed by atoms with Gasteiger partial charge in [0.25, 0.3) is 0 Å². The van der Waals surface area contributed by atoms with E-state index in [1.54, 1.807) is 0 Å². The molecule has 14 heavy (non-hydrogen) atoms. The summed E-state index contributed by atoms with van der Waals surface area (Å²) in [5.41, 5.74) is 4.29. The number of rotatable bonds is 1. The highest BCUT2D eigenvalue weighted by molar-refractivity contribution is 9.10. The second kappa shape index (κ2) is 3.86. The average Bonchev–Trinajstić information content (AvgIpc) is 2.07. The van der Waals surface area contributed by atoms with E-state index in [1.807, 2.05) is 0 Å². The number of hydrogen-bond donors (Lipinski definition) is 1. The van der Waals surface area contributed by atoms with E-state index in [0.29, 0.717) is 0 Å². The minimum atomic E-state index is -4.64. The van der Waals surface area contributed by atoms with Crippen LogP contribution in [0.25, 0.3) is 0 Å². The van der Waals surface area contributed by atoms with Crippen LogP contribution in [-0.2, 0) is 0 Å². The Bertz CT molecular complexity index is 337.